The number of nitrogens with zero attached hydrogens (tertiary/aromatic N) is 1. The lowest BCUT2D eigenvalue weighted by Crippen LogP contribution is -2.33. The fourth-order valence-electron chi connectivity index (χ4n) is 2.29. The van der Waals surface area contributed by atoms with E-state index in [1.54, 1.807) is 4.90 Å². The molecule has 0 saturated carbocycles. The van der Waals surface area contributed by atoms with Crippen LogP contribution in [0, 0.1) is 0 Å². The van der Waals surface area contributed by atoms with E-state index in [0.29, 0.717) is 18.7 Å². The average molecular weight is 311 g/mol. The highest BCUT2D eigenvalue weighted by atomic mass is 32.2. The number of hydrogen-bond acceptors (Lipinski definition) is 4. The van der Waals surface area contributed by atoms with Crippen LogP contribution in [0.5, 0.6) is 0 Å². The Morgan fingerprint density at radius 2 is 1.67 bits per heavy atom. The predicted octanol–water partition coefficient (Wildman–Crippen LogP) is 0.922. The molecule has 114 valence electrons. The fourth-order valence-corrected chi connectivity index (χ4v) is 3.66. The van der Waals surface area contributed by atoms with Gasteiger partial charge in [-0.3, -0.25) is 4.79 Å². The predicted molar refractivity (Wildman–Crippen MR) is 76.7 cm³/mol. The van der Waals surface area contributed by atoms with Crippen LogP contribution in [0.1, 0.15) is 28.8 Å². The summed E-state index contributed by atoms with van der Waals surface area (Å²) in [6.07, 6.45) is 1.84. The number of aromatic carboxylic acids is 1. The van der Waals surface area contributed by atoms with Gasteiger partial charge in [-0.05, 0) is 30.5 Å². The van der Waals surface area contributed by atoms with Crippen molar-refractivity contribution in [2.24, 2.45) is 0 Å². The molecule has 1 aliphatic rings. The van der Waals surface area contributed by atoms with Crippen LogP contribution >= 0.6 is 0 Å². The molecule has 21 heavy (non-hydrogen) atoms. The normalized spacial score (nSPS) is 15.1. The summed E-state index contributed by atoms with van der Waals surface area (Å²) in [7, 11) is -3.54. The molecule has 1 fully saturated rings. The van der Waals surface area contributed by atoms with Crippen LogP contribution in [0.3, 0.4) is 0 Å². The van der Waals surface area contributed by atoms with Gasteiger partial charge in [-0.2, -0.15) is 0 Å². The molecule has 0 unspecified atom stereocenters. The minimum absolute atomic E-state index is 0.101. The molecule has 0 aliphatic carbocycles. The number of carbonyl (C=O) groups is 2. The topological polar surface area (TPSA) is 91.7 Å². The summed E-state index contributed by atoms with van der Waals surface area (Å²) in [6, 6.07) is 5.63. The molecule has 1 amide bonds. The maximum absolute atomic E-state index is 12.0. The first-order chi connectivity index (χ1) is 9.87. The number of amides is 1. The summed E-state index contributed by atoms with van der Waals surface area (Å²) < 4.78 is 24.0. The molecule has 7 heteroatoms. The van der Waals surface area contributed by atoms with E-state index in [1.165, 1.54) is 24.3 Å². The minimum Gasteiger partial charge on any atom is -0.478 e. The molecule has 0 spiro atoms. The molecule has 0 bridgehead atoms. The smallest absolute Gasteiger partial charge is 0.335 e. The van der Waals surface area contributed by atoms with Crippen LogP contribution in [0.4, 0.5) is 0 Å². The summed E-state index contributed by atoms with van der Waals surface area (Å²) in [4.78, 5) is 24.2. The highest BCUT2D eigenvalue weighted by Crippen LogP contribution is 2.12. The number of sulfone groups is 1. The highest BCUT2D eigenvalue weighted by molar-refractivity contribution is 7.91. The van der Waals surface area contributed by atoms with Crippen LogP contribution < -0.4 is 0 Å². The maximum atomic E-state index is 12.0. The van der Waals surface area contributed by atoms with E-state index in [2.05, 4.69) is 0 Å². The van der Waals surface area contributed by atoms with Crippen molar-refractivity contribution in [2.45, 2.75) is 18.6 Å². The summed E-state index contributed by atoms with van der Waals surface area (Å²) in [5, 5.41) is 8.78. The minimum atomic E-state index is -3.54. The van der Waals surface area contributed by atoms with Crippen molar-refractivity contribution in [2.75, 3.05) is 18.8 Å². The molecule has 0 aromatic heterocycles. The lowest BCUT2D eigenvalue weighted by molar-refractivity contribution is -0.127. The van der Waals surface area contributed by atoms with Crippen molar-refractivity contribution in [1.29, 1.82) is 0 Å². The molecule has 1 heterocycles. The summed E-state index contributed by atoms with van der Waals surface area (Å²) in [5.74, 6) is -2.16. The number of carboxylic acids is 1. The molecular weight excluding hydrogens is 294 g/mol. The van der Waals surface area contributed by atoms with Gasteiger partial charge in [-0.25, -0.2) is 13.2 Å². The van der Waals surface area contributed by atoms with E-state index < -0.39 is 21.6 Å². The van der Waals surface area contributed by atoms with Crippen molar-refractivity contribution >= 4 is 21.7 Å². The van der Waals surface area contributed by atoms with Gasteiger partial charge in [0.15, 0.2) is 9.84 Å². The second kappa shape index (κ2) is 6.26. The van der Waals surface area contributed by atoms with Crippen LogP contribution in [0.25, 0.3) is 0 Å². The molecule has 1 N–H and O–H groups in total. The fraction of sp³-hybridized carbons (Fsp3) is 0.429. The number of carboxylic acid groups (broad SMARTS) is 1. The monoisotopic (exact) mass is 311 g/mol. The largest absolute Gasteiger partial charge is 0.478 e. The van der Waals surface area contributed by atoms with Crippen LogP contribution in [-0.2, 0) is 20.4 Å². The van der Waals surface area contributed by atoms with Gasteiger partial charge < -0.3 is 10.0 Å². The van der Waals surface area contributed by atoms with Gasteiger partial charge in [-0.15, -0.1) is 0 Å². The molecule has 6 nitrogen and oxygen atoms in total. The third-order valence-corrected chi connectivity index (χ3v) is 4.85. The van der Waals surface area contributed by atoms with Crippen LogP contribution in [-0.4, -0.2) is 49.1 Å². The number of carbonyl (C=O) groups excluding carboxylic acids is 1. The molecule has 0 radical (unpaired) electrons. The third-order valence-electron chi connectivity index (χ3n) is 3.39. The molecular formula is C14H17NO5S. The Morgan fingerprint density at radius 3 is 2.19 bits per heavy atom. The van der Waals surface area contributed by atoms with Crippen molar-refractivity contribution in [3.63, 3.8) is 0 Å². The van der Waals surface area contributed by atoms with E-state index in [4.69, 9.17) is 5.11 Å². The second-order valence-electron chi connectivity index (χ2n) is 5.12. The van der Waals surface area contributed by atoms with Gasteiger partial charge >= 0.3 is 5.97 Å². The van der Waals surface area contributed by atoms with Gasteiger partial charge in [0, 0.05) is 13.1 Å². The third kappa shape index (κ3) is 4.29. The van der Waals surface area contributed by atoms with E-state index >= 15 is 0 Å². The van der Waals surface area contributed by atoms with Crippen LogP contribution in [0.2, 0.25) is 0 Å². The number of hydrogen-bond donors (Lipinski definition) is 1. The quantitative estimate of drug-likeness (QED) is 0.873. The van der Waals surface area contributed by atoms with Gasteiger partial charge in [0.05, 0.1) is 11.3 Å². The lowest BCUT2D eigenvalue weighted by atomic mass is 10.1. The first kappa shape index (κ1) is 15.5. The Morgan fingerprint density at radius 1 is 1.10 bits per heavy atom. The van der Waals surface area contributed by atoms with Crippen molar-refractivity contribution in [3.05, 3.63) is 35.4 Å². The number of likely N-dealkylation sites (tertiary alicyclic amines) is 1. The van der Waals surface area contributed by atoms with E-state index in [-0.39, 0.29) is 17.2 Å². The summed E-state index contributed by atoms with van der Waals surface area (Å²) in [6.45, 7) is 1.25. The highest BCUT2D eigenvalue weighted by Gasteiger charge is 2.24. The van der Waals surface area contributed by atoms with E-state index in [1.807, 2.05) is 0 Å². The zero-order valence-corrected chi connectivity index (χ0v) is 12.3. The number of benzene rings is 1. The lowest BCUT2D eigenvalue weighted by Gasteiger charge is -2.15. The van der Waals surface area contributed by atoms with Gasteiger partial charge in [0.2, 0.25) is 5.91 Å². The first-order valence-corrected chi connectivity index (χ1v) is 8.50. The van der Waals surface area contributed by atoms with E-state index in [0.717, 1.165) is 12.8 Å². The second-order valence-corrected chi connectivity index (χ2v) is 7.19. The van der Waals surface area contributed by atoms with Gasteiger partial charge in [-0.1, -0.05) is 12.1 Å². The van der Waals surface area contributed by atoms with Gasteiger partial charge in [0.25, 0.3) is 0 Å². The Kier molecular flexibility index (Phi) is 4.62. The molecule has 2 rings (SSSR count). The molecule has 0 atom stereocenters. The molecule has 1 saturated heterocycles. The average Bonchev–Trinajstić information content (AvgIpc) is 2.92. The first-order valence-electron chi connectivity index (χ1n) is 6.68. The van der Waals surface area contributed by atoms with E-state index in [9.17, 15) is 18.0 Å². The Balaban J connectivity index is 1.99. The van der Waals surface area contributed by atoms with Crippen molar-refractivity contribution in [1.82, 2.24) is 4.90 Å². The molecule has 1 aliphatic heterocycles. The zero-order chi connectivity index (χ0) is 15.5. The van der Waals surface area contributed by atoms with Crippen LogP contribution in [0.15, 0.2) is 24.3 Å². The van der Waals surface area contributed by atoms with Gasteiger partial charge in [0.1, 0.15) is 5.75 Å². The summed E-state index contributed by atoms with van der Waals surface area (Å²) >= 11 is 0. The Labute approximate surface area is 123 Å². The van der Waals surface area contributed by atoms with Crippen molar-refractivity contribution < 1.29 is 23.1 Å². The SMILES string of the molecule is O=C(O)c1ccc(CS(=O)(=O)CC(=O)N2CCCC2)cc1. The Bertz CT molecular complexity index is 630. The number of rotatable bonds is 5. The van der Waals surface area contributed by atoms with Crippen molar-refractivity contribution in [3.8, 4) is 0 Å². The Hall–Kier alpha value is -1.89. The molecule has 1 aromatic rings. The molecule has 1 aromatic carbocycles. The summed E-state index contributed by atoms with van der Waals surface area (Å²) in [5.41, 5.74) is 0.582. The maximum Gasteiger partial charge on any atom is 0.335 e. The standard InChI is InChI=1S/C14H17NO5S/c16-13(15-7-1-2-8-15)10-21(19,20)9-11-3-5-12(6-4-11)14(17)18/h3-6H,1-2,7-10H2,(H,17,18). The zero-order valence-electron chi connectivity index (χ0n) is 11.5.